The Kier molecular flexibility index (Phi) is 6.35. The SMILES string of the molecule is CCN(CC(=O)O)C(=O)CCOc1cccc(Br)c1. The molecule has 1 rings (SSSR count). The highest BCUT2D eigenvalue weighted by atomic mass is 79.9. The molecule has 1 aromatic rings. The number of carbonyl (C=O) groups is 2. The second-order valence-electron chi connectivity index (χ2n) is 3.86. The van der Waals surface area contributed by atoms with Crippen molar-refractivity contribution in [3.63, 3.8) is 0 Å². The van der Waals surface area contributed by atoms with E-state index in [1.165, 1.54) is 4.90 Å². The van der Waals surface area contributed by atoms with E-state index in [0.717, 1.165) is 4.47 Å². The summed E-state index contributed by atoms with van der Waals surface area (Å²) in [6.45, 7) is 2.08. The predicted octanol–water partition coefficient (Wildman–Crippen LogP) is 2.15. The van der Waals surface area contributed by atoms with Crippen LogP contribution in [0, 0.1) is 0 Å². The van der Waals surface area contributed by atoms with Crippen molar-refractivity contribution in [3.05, 3.63) is 28.7 Å². The second kappa shape index (κ2) is 7.78. The Balaban J connectivity index is 2.39. The first-order valence-corrected chi connectivity index (χ1v) is 6.70. The van der Waals surface area contributed by atoms with E-state index < -0.39 is 5.97 Å². The number of aliphatic carboxylic acids is 1. The first-order valence-electron chi connectivity index (χ1n) is 5.91. The Labute approximate surface area is 120 Å². The van der Waals surface area contributed by atoms with Crippen LogP contribution in [0.4, 0.5) is 0 Å². The van der Waals surface area contributed by atoms with Gasteiger partial charge in [-0.15, -0.1) is 0 Å². The zero-order chi connectivity index (χ0) is 14.3. The van der Waals surface area contributed by atoms with Gasteiger partial charge in [0, 0.05) is 11.0 Å². The number of rotatable bonds is 7. The van der Waals surface area contributed by atoms with Crippen molar-refractivity contribution >= 4 is 27.8 Å². The van der Waals surface area contributed by atoms with E-state index in [2.05, 4.69) is 15.9 Å². The molecular weight excluding hydrogens is 314 g/mol. The van der Waals surface area contributed by atoms with Crippen LogP contribution in [-0.2, 0) is 9.59 Å². The van der Waals surface area contributed by atoms with Crippen molar-refractivity contribution in [1.29, 1.82) is 0 Å². The lowest BCUT2D eigenvalue weighted by Crippen LogP contribution is -2.36. The average molecular weight is 330 g/mol. The molecule has 0 heterocycles. The lowest BCUT2D eigenvalue weighted by atomic mass is 10.3. The van der Waals surface area contributed by atoms with Gasteiger partial charge in [0.25, 0.3) is 0 Å². The molecule has 0 aliphatic rings. The van der Waals surface area contributed by atoms with Crippen LogP contribution in [0.25, 0.3) is 0 Å². The van der Waals surface area contributed by atoms with Crippen LogP contribution >= 0.6 is 15.9 Å². The van der Waals surface area contributed by atoms with Crippen LogP contribution in [0.1, 0.15) is 13.3 Å². The zero-order valence-corrected chi connectivity index (χ0v) is 12.2. The molecule has 0 spiro atoms. The fraction of sp³-hybridized carbons (Fsp3) is 0.385. The van der Waals surface area contributed by atoms with E-state index in [9.17, 15) is 9.59 Å². The van der Waals surface area contributed by atoms with Crippen molar-refractivity contribution in [2.24, 2.45) is 0 Å². The molecule has 0 saturated heterocycles. The number of likely N-dealkylation sites (N-methyl/N-ethyl adjacent to an activating group) is 1. The second-order valence-corrected chi connectivity index (χ2v) is 4.77. The third-order valence-electron chi connectivity index (χ3n) is 2.44. The van der Waals surface area contributed by atoms with Gasteiger partial charge in [-0.05, 0) is 25.1 Å². The fourth-order valence-electron chi connectivity index (χ4n) is 1.51. The molecule has 0 aromatic heterocycles. The van der Waals surface area contributed by atoms with Crippen LogP contribution in [0.2, 0.25) is 0 Å². The molecular formula is C13H16BrNO4. The molecule has 0 unspecified atom stereocenters. The van der Waals surface area contributed by atoms with Gasteiger partial charge in [0.05, 0.1) is 13.0 Å². The number of amides is 1. The maximum absolute atomic E-state index is 11.7. The maximum atomic E-state index is 11.7. The molecule has 0 atom stereocenters. The summed E-state index contributed by atoms with van der Waals surface area (Å²) in [6, 6.07) is 7.32. The normalized spacial score (nSPS) is 10.0. The standard InChI is InChI=1S/C13H16BrNO4/c1-2-15(9-13(17)18)12(16)6-7-19-11-5-3-4-10(14)8-11/h3-5,8H,2,6-7,9H2,1H3,(H,17,18). The van der Waals surface area contributed by atoms with Crippen molar-refractivity contribution in [2.75, 3.05) is 19.7 Å². The lowest BCUT2D eigenvalue weighted by molar-refractivity contribution is -0.144. The number of ether oxygens (including phenoxy) is 1. The van der Waals surface area contributed by atoms with E-state index in [4.69, 9.17) is 9.84 Å². The Morgan fingerprint density at radius 1 is 1.42 bits per heavy atom. The molecule has 104 valence electrons. The minimum atomic E-state index is -1.01. The van der Waals surface area contributed by atoms with Gasteiger partial charge in [0.1, 0.15) is 12.3 Å². The smallest absolute Gasteiger partial charge is 0.323 e. The number of halogens is 1. The summed E-state index contributed by atoms with van der Waals surface area (Å²) in [4.78, 5) is 23.6. The topological polar surface area (TPSA) is 66.8 Å². The summed E-state index contributed by atoms with van der Waals surface area (Å²) >= 11 is 3.32. The van der Waals surface area contributed by atoms with Gasteiger partial charge in [-0.25, -0.2) is 0 Å². The lowest BCUT2D eigenvalue weighted by Gasteiger charge is -2.18. The van der Waals surface area contributed by atoms with Gasteiger partial charge in [-0.1, -0.05) is 22.0 Å². The van der Waals surface area contributed by atoms with Gasteiger partial charge in [-0.3, -0.25) is 9.59 Å². The Bertz CT molecular complexity index is 450. The number of carbonyl (C=O) groups excluding carboxylic acids is 1. The fourth-order valence-corrected chi connectivity index (χ4v) is 1.89. The van der Waals surface area contributed by atoms with E-state index in [0.29, 0.717) is 12.3 Å². The summed E-state index contributed by atoms with van der Waals surface area (Å²) < 4.78 is 6.33. The van der Waals surface area contributed by atoms with Gasteiger partial charge in [0.2, 0.25) is 5.91 Å². The van der Waals surface area contributed by atoms with E-state index in [1.807, 2.05) is 12.1 Å². The molecule has 0 bridgehead atoms. The van der Waals surface area contributed by atoms with Gasteiger partial charge >= 0.3 is 5.97 Å². The zero-order valence-electron chi connectivity index (χ0n) is 10.6. The molecule has 0 saturated carbocycles. The highest BCUT2D eigenvalue weighted by molar-refractivity contribution is 9.10. The molecule has 0 fully saturated rings. The highest BCUT2D eigenvalue weighted by Crippen LogP contribution is 2.17. The van der Waals surface area contributed by atoms with Gasteiger partial charge < -0.3 is 14.7 Å². The van der Waals surface area contributed by atoms with Crippen LogP contribution in [0.15, 0.2) is 28.7 Å². The molecule has 1 aromatic carbocycles. The first-order chi connectivity index (χ1) is 9.02. The van der Waals surface area contributed by atoms with Crippen LogP contribution < -0.4 is 4.74 Å². The quantitative estimate of drug-likeness (QED) is 0.832. The Morgan fingerprint density at radius 2 is 2.16 bits per heavy atom. The van der Waals surface area contributed by atoms with Crippen molar-refractivity contribution in [2.45, 2.75) is 13.3 Å². The molecule has 0 aliphatic heterocycles. The third-order valence-corrected chi connectivity index (χ3v) is 2.93. The van der Waals surface area contributed by atoms with Gasteiger partial charge in [0.15, 0.2) is 0 Å². The summed E-state index contributed by atoms with van der Waals surface area (Å²) in [5.74, 6) is -0.563. The molecule has 6 heteroatoms. The number of hydrogen-bond donors (Lipinski definition) is 1. The summed E-state index contributed by atoms with van der Waals surface area (Å²) in [5.41, 5.74) is 0. The van der Waals surface area contributed by atoms with E-state index in [-0.39, 0.29) is 25.5 Å². The number of benzene rings is 1. The number of carboxylic acids is 1. The highest BCUT2D eigenvalue weighted by Gasteiger charge is 2.14. The molecule has 0 aliphatic carbocycles. The largest absolute Gasteiger partial charge is 0.493 e. The predicted molar refractivity (Wildman–Crippen MR) is 74.1 cm³/mol. The number of carboxylic acid groups (broad SMARTS) is 1. The summed E-state index contributed by atoms with van der Waals surface area (Å²) in [5, 5.41) is 8.67. The van der Waals surface area contributed by atoms with Crippen LogP contribution in [0.3, 0.4) is 0 Å². The number of nitrogens with zero attached hydrogens (tertiary/aromatic N) is 1. The monoisotopic (exact) mass is 329 g/mol. The molecule has 1 amide bonds. The molecule has 5 nitrogen and oxygen atoms in total. The van der Waals surface area contributed by atoms with Gasteiger partial charge in [-0.2, -0.15) is 0 Å². The van der Waals surface area contributed by atoms with Crippen LogP contribution in [-0.4, -0.2) is 41.6 Å². The minimum Gasteiger partial charge on any atom is -0.493 e. The maximum Gasteiger partial charge on any atom is 0.323 e. The molecule has 19 heavy (non-hydrogen) atoms. The van der Waals surface area contributed by atoms with E-state index >= 15 is 0 Å². The minimum absolute atomic E-state index is 0.160. The first kappa shape index (κ1) is 15.5. The Morgan fingerprint density at radius 3 is 2.74 bits per heavy atom. The Hall–Kier alpha value is -1.56. The van der Waals surface area contributed by atoms with Crippen molar-refractivity contribution < 1.29 is 19.4 Å². The number of hydrogen-bond acceptors (Lipinski definition) is 3. The van der Waals surface area contributed by atoms with Crippen LogP contribution in [0.5, 0.6) is 5.75 Å². The van der Waals surface area contributed by atoms with E-state index in [1.54, 1.807) is 19.1 Å². The van der Waals surface area contributed by atoms with Crippen molar-refractivity contribution in [1.82, 2.24) is 4.90 Å². The summed E-state index contributed by atoms with van der Waals surface area (Å²) in [7, 11) is 0. The molecule has 1 N–H and O–H groups in total. The molecule has 0 radical (unpaired) electrons. The summed E-state index contributed by atoms with van der Waals surface area (Å²) in [6.07, 6.45) is 0.160. The average Bonchev–Trinajstić information content (AvgIpc) is 2.35. The van der Waals surface area contributed by atoms with Crippen molar-refractivity contribution in [3.8, 4) is 5.75 Å². The third kappa shape index (κ3) is 5.74.